The molecule has 4 nitrogen and oxygen atoms in total. The Morgan fingerprint density at radius 3 is 2.79 bits per heavy atom. The van der Waals surface area contributed by atoms with Gasteiger partial charge in [0.25, 0.3) is 0 Å². The van der Waals surface area contributed by atoms with Crippen LogP contribution in [0.4, 0.5) is 4.39 Å². The molecule has 5 heteroatoms. The quantitative estimate of drug-likeness (QED) is 0.922. The molecule has 0 aliphatic heterocycles. The number of nitrogens with two attached hydrogens (primary N) is 1. The first kappa shape index (κ1) is 13.5. The van der Waals surface area contributed by atoms with Gasteiger partial charge in [-0.05, 0) is 38.4 Å². The fourth-order valence-electron chi connectivity index (χ4n) is 2.04. The number of hydrogen-bond donors (Lipinski definition) is 1. The zero-order chi connectivity index (χ0) is 14.0. The van der Waals surface area contributed by atoms with Gasteiger partial charge in [-0.15, -0.1) is 0 Å². The van der Waals surface area contributed by atoms with Crippen molar-refractivity contribution in [3.63, 3.8) is 0 Å². The van der Waals surface area contributed by atoms with Crippen LogP contribution in [0.25, 0.3) is 0 Å². The van der Waals surface area contributed by atoms with E-state index in [1.807, 2.05) is 6.92 Å². The highest BCUT2D eigenvalue weighted by molar-refractivity contribution is 5.38. The third-order valence-corrected chi connectivity index (χ3v) is 3.05. The number of aromatic nitrogens is 2. The first-order chi connectivity index (χ1) is 9.04. The van der Waals surface area contributed by atoms with Gasteiger partial charge in [0.2, 0.25) is 5.88 Å². The van der Waals surface area contributed by atoms with E-state index in [0.29, 0.717) is 24.4 Å². The van der Waals surface area contributed by atoms with Gasteiger partial charge in [0.05, 0.1) is 5.69 Å². The average Bonchev–Trinajstić information content (AvgIpc) is 2.62. The predicted molar refractivity (Wildman–Crippen MR) is 71.9 cm³/mol. The molecule has 2 aromatic rings. The van der Waals surface area contributed by atoms with Crippen molar-refractivity contribution in [3.8, 4) is 11.6 Å². The molecule has 0 amide bonds. The minimum absolute atomic E-state index is 0.210. The molecule has 0 saturated heterocycles. The molecule has 0 unspecified atom stereocenters. The summed E-state index contributed by atoms with van der Waals surface area (Å²) >= 11 is 0. The van der Waals surface area contributed by atoms with E-state index < -0.39 is 0 Å². The van der Waals surface area contributed by atoms with Gasteiger partial charge in [-0.25, -0.2) is 9.07 Å². The summed E-state index contributed by atoms with van der Waals surface area (Å²) in [4.78, 5) is 0. The molecule has 102 valence electrons. The number of hydrogen-bond acceptors (Lipinski definition) is 3. The van der Waals surface area contributed by atoms with Gasteiger partial charge in [-0.2, -0.15) is 5.10 Å². The molecule has 0 saturated carbocycles. The van der Waals surface area contributed by atoms with Crippen molar-refractivity contribution in [3.05, 3.63) is 40.8 Å². The Hall–Kier alpha value is -1.88. The first-order valence-corrected chi connectivity index (χ1v) is 6.20. The number of aryl methyl sites for hydroxylation is 3. The summed E-state index contributed by atoms with van der Waals surface area (Å²) in [5, 5.41) is 4.29. The Balaban J connectivity index is 2.40. The lowest BCUT2D eigenvalue weighted by molar-refractivity contribution is 0.398. The maximum absolute atomic E-state index is 14.0. The van der Waals surface area contributed by atoms with E-state index in [2.05, 4.69) is 5.10 Å². The molecule has 0 aliphatic carbocycles. The van der Waals surface area contributed by atoms with Crippen molar-refractivity contribution in [2.75, 3.05) is 6.54 Å². The summed E-state index contributed by atoms with van der Waals surface area (Å²) in [6, 6.07) is 5.08. The maximum Gasteiger partial charge on any atom is 0.221 e. The number of nitrogens with zero attached hydrogens (tertiary/aromatic N) is 2. The van der Waals surface area contributed by atoms with E-state index in [9.17, 15) is 4.39 Å². The van der Waals surface area contributed by atoms with Crippen LogP contribution in [0, 0.1) is 19.7 Å². The van der Waals surface area contributed by atoms with Gasteiger partial charge in [-0.3, -0.25) is 0 Å². The molecule has 2 N–H and O–H groups in total. The summed E-state index contributed by atoms with van der Waals surface area (Å²) in [6.07, 6.45) is 0.655. The second-order valence-corrected chi connectivity index (χ2v) is 4.52. The molecule has 0 atom stereocenters. The minimum atomic E-state index is -0.347. The van der Waals surface area contributed by atoms with Gasteiger partial charge < -0.3 is 10.5 Å². The molecular weight excluding hydrogens is 245 g/mol. The zero-order valence-electron chi connectivity index (χ0n) is 11.4. The van der Waals surface area contributed by atoms with Crippen LogP contribution in [-0.4, -0.2) is 16.3 Å². The van der Waals surface area contributed by atoms with Crippen LogP contribution in [-0.2, 0) is 13.5 Å². The van der Waals surface area contributed by atoms with E-state index in [1.165, 1.54) is 0 Å². The lowest BCUT2D eigenvalue weighted by Crippen LogP contribution is -2.05. The smallest absolute Gasteiger partial charge is 0.221 e. The summed E-state index contributed by atoms with van der Waals surface area (Å²) in [7, 11) is 1.77. The highest BCUT2D eigenvalue weighted by Gasteiger charge is 2.16. The van der Waals surface area contributed by atoms with Crippen molar-refractivity contribution in [1.29, 1.82) is 0 Å². The topological polar surface area (TPSA) is 53.1 Å². The molecule has 0 fully saturated rings. The van der Waals surface area contributed by atoms with Gasteiger partial charge in [0.15, 0.2) is 11.6 Å². The van der Waals surface area contributed by atoms with Gasteiger partial charge in [0.1, 0.15) is 0 Å². The lowest BCUT2D eigenvalue weighted by atomic mass is 10.2. The average molecular weight is 263 g/mol. The summed E-state index contributed by atoms with van der Waals surface area (Å²) in [5.41, 5.74) is 7.92. The third kappa shape index (κ3) is 2.61. The lowest BCUT2D eigenvalue weighted by Gasteiger charge is -2.10. The van der Waals surface area contributed by atoms with Crippen molar-refractivity contribution in [2.24, 2.45) is 12.8 Å². The van der Waals surface area contributed by atoms with Crippen LogP contribution in [0.5, 0.6) is 11.6 Å². The number of ether oxygens (including phenoxy) is 1. The molecule has 0 bridgehead atoms. The minimum Gasteiger partial charge on any atom is -0.436 e. The van der Waals surface area contributed by atoms with Crippen molar-refractivity contribution in [1.82, 2.24) is 9.78 Å². The molecule has 19 heavy (non-hydrogen) atoms. The molecule has 0 aliphatic rings. The van der Waals surface area contributed by atoms with Gasteiger partial charge in [-0.1, -0.05) is 12.1 Å². The molecule has 1 aromatic heterocycles. The second kappa shape index (κ2) is 5.40. The number of benzene rings is 1. The van der Waals surface area contributed by atoms with Crippen LogP contribution < -0.4 is 10.5 Å². The van der Waals surface area contributed by atoms with Crippen LogP contribution in [0.1, 0.15) is 16.8 Å². The largest absolute Gasteiger partial charge is 0.436 e. The molecule has 1 heterocycles. The van der Waals surface area contributed by atoms with Crippen LogP contribution in [0.2, 0.25) is 0 Å². The fourth-order valence-corrected chi connectivity index (χ4v) is 2.04. The predicted octanol–water partition coefficient (Wildman–Crippen LogP) is 2.47. The molecule has 1 aromatic carbocycles. The van der Waals surface area contributed by atoms with Gasteiger partial charge >= 0.3 is 0 Å². The monoisotopic (exact) mass is 263 g/mol. The Kier molecular flexibility index (Phi) is 3.85. The van der Waals surface area contributed by atoms with E-state index in [1.54, 1.807) is 36.9 Å². The highest BCUT2D eigenvalue weighted by Crippen LogP contribution is 2.30. The van der Waals surface area contributed by atoms with E-state index in [-0.39, 0.29) is 11.6 Å². The van der Waals surface area contributed by atoms with Crippen LogP contribution in [0.3, 0.4) is 0 Å². The van der Waals surface area contributed by atoms with E-state index in [0.717, 1.165) is 11.3 Å². The van der Waals surface area contributed by atoms with Crippen molar-refractivity contribution >= 4 is 0 Å². The Morgan fingerprint density at radius 1 is 1.37 bits per heavy atom. The van der Waals surface area contributed by atoms with Crippen LogP contribution in [0.15, 0.2) is 18.2 Å². The van der Waals surface area contributed by atoms with E-state index in [4.69, 9.17) is 10.5 Å². The van der Waals surface area contributed by atoms with Crippen molar-refractivity contribution < 1.29 is 9.13 Å². The normalized spacial score (nSPS) is 10.8. The van der Waals surface area contributed by atoms with Crippen LogP contribution >= 0.6 is 0 Å². The Morgan fingerprint density at radius 2 is 2.11 bits per heavy atom. The number of halogens is 1. The summed E-state index contributed by atoms with van der Waals surface area (Å²) in [5.74, 6) is 0.411. The fraction of sp³-hybridized carbons (Fsp3) is 0.357. The molecular formula is C14H18FN3O. The van der Waals surface area contributed by atoms with Gasteiger partial charge in [0, 0.05) is 12.6 Å². The van der Waals surface area contributed by atoms with E-state index >= 15 is 0 Å². The maximum atomic E-state index is 14.0. The number of rotatable bonds is 4. The zero-order valence-corrected chi connectivity index (χ0v) is 11.4. The second-order valence-electron chi connectivity index (χ2n) is 4.52. The Bertz CT molecular complexity index is 593. The first-order valence-electron chi connectivity index (χ1n) is 6.20. The third-order valence-electron chi connectivity index (χ3n) is 3.05. The summed E-state index contributed by atoms with van der Waals surface area (Å²) in [6.45, 7) is 4.10. The van der Waals surface area contributed by atoms with Crippen molar-refractivity contribution in [2.45, 2.75) is 20.3 Å². The highest BCUT2D eigenvalue weighted by atomic mass is 19.1. The summed E-state index contributed by atoms with van der Waals surface area (Å²) < 4.78 is 21.3. The molecule has 0 radical (unpaired) electrons. The standard InChI is InChI=1S/C14H18FN3O/c1-9-5-4-6-12(13(9)15)19-14-11(7-8-16)10(2)17-18(14)3/h4-6H,7-8,16H2,1-3H3. The SMILES string of the molecule is Cc1cccc(Oc2c(CCN)c(C)nn2C)c1F. The molecule has 0 spiro atoms. The Labute approximate surface area is 112 Å². The molecule has 2 rings (SSSR count).